The molecule has 2 heterocycles. The van der Waals surface area contributed by atoms with E-state index in [9.17, 15) is 9.59 Å². The van der Waals surface area contributed by atoms with E-state index >= 15 is 0 Å². The van der Waals surface area contributed by atoms with Crippen LogP contribution in [0.3, 0.4) is 0 Å². The van der Waals surface area contributed by atoms with Crippen LogP contribution < -0.4 is 4.80 Å². The molecule has 10 heteroatoms. The number of carbonyl (C=O) groups excluding carboxylic acids is 2. The Morgan fingerprint density at radius 1 is 1.20 bits per heavy atom. The fraction of sp³-hybridized carbons (Fsp3) is 0.133. The van der Waals surface area contributed by atoms with E-state index in [1.165, 1.54) is 24.5 Å². The Morgan fingerprint density at radius 3 is 2.60 bits per heavy atom. The second-order valence-corrected chi connectivity index (χ2v) is 8.54. The predicted octanol–water partition coefficient (Wildman–Crippen LogP) is 4.64. The van der Waals surface area contributed by atoms with E-state index in [0.29, 0.717) is 14.2 Å². The maximum atomic E-state index is 12.4. The van der Waals surface area contributed by atoms with Crippen LogP contribution in [0.1, 0.15) is 10.4 Å². The summed E-state index contributed by atoms with van der Waals surface area (Å²) in [6.45, 7) is -0.0810. The molecule has 0 N–H and O–H groups in total. The van der Waals surface area contributed by atoms with Crippen molar-refractivity contribution >= 4 is 79.6 Å². The second-order valence-electron chi connectivity index (χ2n) is 4.81. The Morgan fingerprint density at radius 2 is 1.96 bits per heavy atom. The van der Waals surface area contributed by atoms with Gasteiger partial charge < -0.3 is 9.30 Å². The Balaban J connectivity index is 2.16. The van der Waals surface area contributed by atoms with Gasteiger partial charge in [0.15, 0.2) is 4.80 Å². The summed E-state index contributed by atoms with van der Waals surface area (Å²) in [6.07, 6.45) is 0. The molecule has 3 aromatic rings. The van der Waals surface area contributed by atoms with Crippen molar-refractivity contribution in [3.63, 3.8) is 0 Å². The number of ether oxygens (including phenoxy) is 1. The molecule has 0 fully saturated rings. The van der Waals surface area contributed by atoms with Crippen molar-refractivity contribution in [3.8, 4) is 0 Å². The molecule has 0 radical (unpaired) electrons. The maximum absolute atomic E-state index is 12.4. The van der Waals surface area contributed by atoms with E-state index in [4.69, 9.17) is 39.5 Å². The van der Waals surface area contributed by atoms with Gasteiger partial charge in [0.05, 0.1) is 27.2 Å². The van der Waals surface area contributed by atoms with Crippen molar-refractivity contribution in [1.82, 2.24) is 4.57 Å². The highest BCUT2D eigenvalue weighted by Crippen LogP contribution is 2.31. The summed E-state index contributed by atoms with van der Waals surface area (Å²) in [5, 5.41) is 0.546. The van der Waals surface area contributed by atoms with Crippen LogP contribution in [0.4, 0.5) is 0 Å². The van der Waals surface area contributed by atoms with Gasteiger partial charge in [-0.15, -0.1) is 11.3 Å². The molecule has 130 valence electrons. The third kappa shape index (κ3) is 3.91. The molecule has 2 aromatic heterocycles. The van der Waals surface area contributed by atoms with E-state index in [0.717, 1.165) is 21.6 Å². The van der Waals surface area contributed by atoms with Gasteiger partial charge in [0.2, 0.25) is 0 Å². The van der Waals surface area contributed by atoms with Gasteiger partial charge in [-0.2, -0.15) is 4.99 Å². The predicted molar refractivity (Wildman–Crippen MR) is 101 cm³/mol. The first-order valence-corrected chi connectivity index (χ1v) is 9.55. The van der Waals surface area contributed by atoms with Crippen LogP contribution in [0.2, 0.25) is 13.7 Å². The molecular weight excluding hydrogens is 427 g/mol. The first-order valence-electron chi connectivity index (χ1n) is 6.78. The van der Waals surface area contributed by atoms with E-state index in [2.05, 4.69) is 4.99 Å². The minimum atomic E-state index is -0.538. The fourth-order valence-corrected chi connectivity index (χ4v) is 4.86. The maximum Gasteiger partial charge on any atom is 0.325 e. The van der Waals surface area contributed by atoms with Crippen LogP contribution in [-0.4, -0.2) is 23.6 Å². The number of hydrogen-bond acceptors (Lipinski definition) is 5. The number of esters is 1. The molecule has 0 aliphatic carbocycles. The van der Waals surface area contributed by atoms with Crippen molar-refractivity contribution < 1.29 is 14.3 Å². The third-order valence-corrected chi connectivity index (χ3v) is 6.01. The van der Waals surface area contributed by atoms with Gasteiger partial charge in [0.1, 0.15) is 10.9 Å². The molecule has 0 aliphatic heterocycles. The van der Waals surface area contributed by atoms with E-state index in [1.54, 1.807) is 22.8 Å². The summed E-state index contributed by atoms with van der Waals surface area (Å²) in [4.78, 5) is 28.6. The number of hydrogen-bond donors (Lipinski definition) is 0. The minimum Gasteiger partial charge on any atom is -0.468 e. The van der Waals surface area contributed by atoms with Gasteiger partial charge in [-0.1, -0.05) is 46.1 Å². The zero-order valence-electron chi connectivity index (χ0n) is 12.6. The molecule has 0 aliphatic rings. The van der Waals surface area contributed by atoms with Gasteiger partial charge in [0.25, 0.3) is 5.91 Å². The Labute approximate surface area is 165 Å². The molecule has 0 saturated carbocycles. The first-order chi connectivity index (χ1) is 11.9. The van der Waals surface area contributed by atoms with Gasteiger partial charge >= 0.3 is 5.97 Å². The SMILES string of the molecule is COC(=O)Cn1c(=NC(=O)c2cc(Cl)sc2Cl)sc2cc(Cl)ccc21. The number of methoxy groups -OCH3 is 1. The summed E-state index contributed by atoms with van der Waals surface area (Å²) in [5.74, 6) is -0.996. The van der Waals surface area contributed by atoms with Crippen molar-refractivity contribution in [3.05, 3.63) is 48.3 Å². The van der Waals surface area contributed by atoms with Gasteiger partial charge in [0, 0.05) is 5.02 Å². The van der Waals surface area contributed by atoms with Gasteiger partial charge in [-0.05, 0) is 24.3 Å². The number of fused-ring (bicyclic) bond motifs is 1. The lowest BCUT2D eigenvalue weighted by Crippen LogP contribution is -2.22. The highest BCUT2D eigenvalue weighted by atomic mass is 35.5. The topological polar surface area (TPSA) is 60.7 Å². The molecule has 0 atom stereocenters. The molecule has 3 rings (SSSR count). The van der Waals surface area contributed by atoms with E-state index < -0.39 is 11.9 Å². The normalized spacial score (nSPS) is 11.9. The smallest absolute Gasteiger partial charge is 0.325 e. The fourth-order valence-electron chi connectivity index (χ4n) is 2.11. The molecule has 1 amide bonds. The second kappa shape index (κ2) is 7.47. The Kier molecular flexibility index (Phi) is 5.50. The summed E-state index contributed by atoms with van der Waals surface area (Å²) >= 11 is 20.2. The first kappa shape index (κ1) is 18.4. The quantitative estimate of drug-likeness (QED) is 0.563. The van der Waals surface area contributed by atoms with Crippen LogP contribution >= 0.6 is 57.5 Å². The summed E-state index contributed by atoms with van der Waals surface area (Å²) < 4.78 is 7.77. The highest BCUT2D eigenvalue weighted by molar-refractivity contribution is 7.20. The summed E-state index contributed by atoms with van der Waals surface area (Å²) in [5.41, 5.74) is 0.942. The van der Waals surface area contributed by atoms with Crippen molar-refractivity contribution in [2.24, 2.45) is 4.99 Å². The monoisotopic (exact) mass is 434 g/mol. The van der Waals surface area contributed by atoms with Crippen molar-refractivity contribution in [2.75, 3.05) is 7.11 Å². The average Bonchev–Trinajstić information content (AvgIpc) is 3.06. The number of rotatable bonds is 3. The lowest BCUT2D eigenvalue weighted by atomic mass is 10.3. The lowest BCUT2D eigenvalue weighted by molar-refractivity contribution is -0.141. The zero-order chi connectivity index (χ0) is 18.1. The molecule has 0 unspecified atom stereocenters. The number of thiazole rings is 1. The standard InChI is InChI=1S/C15H9Cl3N2O3S2/c1-23-12(21)6-20-9-3-2-7(16)4-10(9)24-15(20)19-14(22)8-5-11(17)25-13(8)18/h2-5H,6H2,1H3. The van der Waals surface area contributed by atoms with Gasteiger partial charge in [-0.3, -0.25) is 9.59 Å². The van der Waals surface area contributed by atoms with Crippen LogP contribution in [-0.2, 0) is 16.1 Å². The minimum absolute atomic E-state index is 0.0810. The number of aromatic nitrogens is 1. The number of halogens is 3. The van der Waals surface area contributed by atoms with Crippen molar-refractivity contribution in [1.29, 1.82) is 0 Å². The summed E-state index contributed by atoms with van der Waals surface area (Å²) in [6, 6.07) is 6.67. The Hall–Kier alpha value is -1.38. The molecule has 0 spiro atoms. The van der Waals surface area contributed by atoms with Crippen molar-refractivity contribution in [2.45, 2.75) is 6.54 Å². The largest absolute Gasteiger partial charge is 0.468 e. The lowest BCUT2D eigenvalue weighted by Gasteiger charge is -2.03. The third-order valence-electron chi connectivity index (χ3n) is 3.24. The number of amides is 1. The molecular formula is C15H9Cl3N2O3S2. The van der Waals surface area contributed by atoms with E-state index in [-0.39, 0.29) is 16.4 Å². The number of carbonyl (C=O) groups is 2. The Bertz CT molecular complexity index is 1050. The molecule has 0 saturated heterocycles. The molecule has 5 nitrogen and oxygen atoms in total. The molecule has 0 bridgehead atoms. The average molecular weight is 436 g/mol. The highest BCUT2D eigenvalue weighted by Gasteiger charge is 2.16. The molecule has 25 heavy (non-hydrogen) atoms. The van der Waals surface area contributed by atoms with Crippen LogP contribution in [0, 0.1) is 0 Å². The van der Waals surface area contributed by atoms with Gasteiger partial charge in [-0.25, -0.2) is 0 Å². The zero-order valence-corrected chi connectivity index (χ0v) is 16.5. The number of benzene rings is 1. The van der Waals surface area contributed by atoms with Crippen LogP contribution in [0.5, 0.6) is 0 Å². The molecule has 1 aromatic carbocycles. The van der Waals surface area contributed by atoms with Crippen LogP contribution in [0.25, 0.3) is 10.2 Å². The summed E-state index contributed by atoms with van der Waals surface area (Å²) in [7, 11) is 1.30. The van der Waals surface area contributed by atoms with Crippen LogP contribution in [0.15, 0.2) is 29.3 Å². The van der Waals surface area contributed by atoms with E-state index in [1.807, 2.05) is 0 Å². The number of nitrogens with zero attached hydrogens (tertiary/aromatic N) is 2. The number of thiophene rings is 1.